The van der Waals surface area contributed by atoms with Gasteiger partial charge in [0.05, 0.1) is 22.3 Å². The number of nitrogens with zero attached hydrogens (tertiary/aromatic N) is 2. The van der Waals surface area contributed by atoms with Crippen molar-refractivity contribution in [2.75, 3.05) is 12.3 Å². The minimum atomic E-state index is -1.73. The van der Waals surface area contributed by atoms with Crippen LogP contribution in [-0.2, 0) is 17.5 Å². The van der Waals surface area contributed by atoms with Crippen molar-refractivity contribution in [2.45, 2.75) is 45.3 Å². The topological polar surface area (TPSA) is 95.2 Å². The van der Waals surface area contributed by atoms with Gasteiger partial charge in [0.25, 0.3) is 0 Å². The van der Waals surface area contributed by atoms with Gasteiger partial charge in [-0.1, -0.05) is 18.2 Å². The van der Waals surface area contributed by atoms with Crippen molar-refractivity contribution in [3.8, 4) is 32.8 Å². The Morgan fingerprint density at radius 1 is 1.36 bits per heavy atom. The fraction of sp³-hybridized carbons (Fsp3) is 0.360. The molecule has 4 rings (SSSR count). The summed E-state index contributed by atoms with van der Waals surface area (Å²) in [5.41, 5.74) is 5.27. The predicted octanol–water partition coefficient (Wildman–Crippen LogP) is 5.32. The fourth-order valence-electron chi connectivity index (χ4n) is 4.21. The second-order valence-corrected chi connectivity index (χ2v) is 10.4. The Labute approximate surface area is 200 Å². The van der Waals surface area contributed by atoms with Crippen molar-refractivity contribution in [3.05, 3.63) is 59.3 Å². The van der Waals surface area contributed by atoms with Crippen LogP contribution in [0.4, 0.5) is 0 Å². The van der Waals surface area contributed by atoms with Gasteiger partial charge in [-0.2, -0.15) is 5.26 Å². The molecule has 0 fully saturated rings. The van der Waals surface area contributed by atoms with Gasteiger partial charge in [-0.15, -0.1) is 11.3 Å². The van der Waals surface area contributed by atoms with Crippen LogP contribution in [0.5, 0.6) is 5.75 Å². The molecule has 2 N–H and O–H groups in total. The summed E-state index contributed by atoms with van der Waals surface area (Å²) in [4.78, 5) is 5.76. The molecule has 1 aliphatic carbocycles. The van der Waals surface area contributed by atoms with Crippen LogP contribution < -0.4 is 10.1 Å². The maximum atomic E-state index is 10.9. The highest BCUT2D eigenvalue weighted by Gasteiger charge is 2.25. The first-order chi connectivity index (χ1) is 16.0. The van der Waals surface area contributed by atoms with E-state index in [1.54, 1.807) is 11.3 Å². The standard InChI is InChI=1S/C25H27N3O3S2/c1-16(2)31-23-10-7-17(13-18(23)14-26)25-28-15-24(32-25)21-6-3-5-20-19(21)8-9-22(20)27-11-4-12-33(29)30/h3,5-7,10,13,15-16,22,27H,4,8-9,11-12H2,1-2H3,(H,29,30)/t22-/m0/s1. The minimum Gasteiger partial charge on any atom is -0.490 e. The highest BCUT2D eigenvalue weighted by Crippen LogP contribution is 2.41. The van der Waals surface area contributed by atoms with Gasteiger partial charge in [0, 0.05) is 17.8 Å². The van der Waals surface area contributed by atoms with Crippen LogP contribution >= 0.6 is 11.3 Å². The third kappa shape index (κ3) is 5.50. The molecule has 6 nitrogen and oxygen atoms in total. The van der Waals surface area contributed by atoms with Gasteiger partial charge >= 0.3 is 0 Å². The van der Waals surface area contributed by atoms with Gasteiger partial charge in [-0.3, -0.25) is 0 Å². The van der Waals surface area contributed by atoms with E-state index in [-0.39, 0.29) is 12.1 Å². The zero-order chi connectivity index (χ0) is 23.4. The number of nitriles is 1. The quantitative estimate of drug-likeness (QED) is 0.317. The number of benzene rings is 2. The number of fused-ring (bicyclic) bond motifs is 1. The lowest BCUT2D eigenvalue weighted by Crippen LogP contribution is -2.21. The summed E-state index contributed by atoms with van der Waals surface area (Å²) in [5, 5.41) is 13.9. The summed E-state index contributed by atoms with van der Waals surface area (Å²) in [6.07, 6.45) is 4.60. The number of rotatable bonds is 9. The highest BCUT2D eigenvalue weighted by molar-refractivity contribution is 7.79. The van der Waals surface area contributed by atoms with E-state index in [0.29, 0.717) is 23.5 Å². The minimum absolute atomic E-state index is 0.00607. The van der Waals surface area contributed by atoms with Crippen LogP contribution in [0.25, 0.3) is 21.0 Å². The zero-order valence-electron chi connectivity index (χ0n) is 18.7. The van der Waals surface area contributed by atoms with Crippen LogP contribution in [0, 0.1) is 11.3 Å². The molecule has 0 bridgehead atoms. The molecule has 1 aromatic heterocycles. The van der Waals surface area contributed by atoms with Crippen molar-refractivity contribution < 1.29 is 13.5 Å². The Kier molecular flexibility index (Phi) is 7.56. The Hall–Kier alpha value is -2.57. The summed E-state index contributed by atoms with van der Waals surface area (Å²) >= 11 is -0.106. The molecule has 1 aliphatic rings. The lowest BCUT2D eigenvalue weighted by Gasteiger charge is -2.14. The third-order valence-electron chi connectivity index (χ3n) is 5.64. The highest BCUT2D eigenvalue weighted by atomic mass is 32.2. The summed E-state index contributed by atoms with van der Waals surface area (Å²) in [7, 11) is 0. The van der Waals surface area contributed by atoms with Crippen LogP contribution in [0.1, 0.15) is 49.4 Å². The van der Waals surface area contributed by atoms with Crippen molar-refractivity contribution in [2.24, 2.45) is 0 Å². The van der Waals surface area contributed by atoms with Crippen molar-refractivity contribution in [3.63, 3.8) is 0 Å². The van der Waals surface area contributed by atoms with E-state index in [2.05, 4.69) is 34.6 Å². The van der Waals surface area contributed by atoms with Crippen LogP contribution in [0.15, 0.2) is 42.6 Å². The molecule has 0 saturated carbocycles. The van der Waals surface area contributed by atoms with Gasteiger partial charge in [0.1, 0.15) is 16.8 Å². The molecular weight excluding hydrogens is 454 g/mol. The van der Waals surface area contributed by atoms with Crippen molar-refractivity contribution in [1.29, 1.82) is 5.26 Å². The van der Waals surface area contributed by atoms with E-state index in [0.717, 1.165) is 34.8 Å². The first kappa shape index (κ1) is 23.6. The van der Waals surface area contributed by atoms with Crippen molar-refractivity contribution in [1.82, 2.24) is 10.3 Å². The first-order valence-electron chi connectivity index (χ1n) is 11.1. The van der Waals surface area contributed by atoms with Crippen LogP contribution in [-0.4, -0.2) is 32.1 Å². The molecule has 172 valence electrons. The molecule has 1 unspecified atom stereocenters. The molecule has 2 aromatic carbocycles. The van der Waals surface area contributed by atoms with E-state index in [4.69, 9.17) is 9.29 Å². The lowest BCUT2D eigenvalue weighted by atomic mass is 10.0. The number of ether oxygens (including phenoxy) is 1. The number of hydrogen-bond acceptors (Lipinski definition) is 6. The molecule has 2 atom stereocenters. The second-order valence-electron chi connectivity index (χ2n) is 8.32. The van der Waals surface area contributed by atoms with Gasteiger partial charge in [-0.05, 0) is 74.5 Å². The van der Waals surface area contributed by atoms with Crippen molar-refractivity contribution >= 4 is 22.4 Å². The molecule has 0 aliphatic heterocycles. The normalized spacial score (nSPS) is 15.9. The van der Waals surface area contributed by atoms with Crippen LogP contribution in [0.2, 0.25) is 0 Å². The number of nitrogens with one attached hydrogen (secondary N) is 1. The third-order valence-corrected chi connectivity index (χ3v) is 7.36. The Morgan fingerprint density at radius 3 is 2.97 bits per heavy atom. The molecule has 0 radical (unpaired) electrons. The molecule has 3 aromatic rings. The van der Waals surface area contributed by atoms with Gasteiger partial charge < -0.3 is 14.6 Å². The Morgan fingerprint density at radius 2 is 2.21 bits per heavy atom. The smallest absolute Gasteiger partial charge is 0.152 e. The predicted molar refractivity (Wildman–Crippen MR) is 133 cm³/mol. The molecule has 8 heteroatoms. The molecule has 33 heavy (non-hydrogen) atoms. The molecule has 1 heterocycles. The fourth-order valence-corrected chi connectivity index (χ4v) is 5.56. The van der Waals surface area contributed by atoms with E-state index < -0.39 is 11.1 Å². The number of hydrogen-bond donors (Lipinski definition) is 2. The van der Waals surface area contributed by atoms with Crippen LogP contribution in [0.3, 0.4) is 0 Å². The summed E-state index contributed by atoms with van der Waals surface area (Å²) < 4.78 is 25.5. The molecular formula is C25H27N3O3S2. The van der Waals surface area contributed by atoms with Gasteiger partial charge in [0.15, 0.2) is 11.1 Å². The van der Waals surface area contributed by atoms with E-state index in [9.17, 15) is 9.47 Å². The monoisotopic (exact) mass is 481 g/mol. The maximum Gasteiger partial charge on any atom is 0.152 e. The molecule has 0 saturated heterocycles. The first-order valence-corrected chi connectivity index (χ1v) is 13.2. The molecule has 0 amide bonds. The summed E-state index contributed by atoms with van der Waals surface area (Å²) in [5.74, 6) is 0.895. The zero-order valence-corrected chi connectivity index (χ0v) is 20.3. The van der Waals surface area contributed by atoms with E-state index >= 15 is 0 Å². The summed E-state index contributed by atoms with van der Waals surface area (Å²) in [6.45, 7) is 4.61. The average molecular weight is 482 g/mol. The lowest BCUT2D eigenvalue weighted by molar-refractivity contribution is 0.242. The molecule has 0 spiro atoms. The van der Waals surface area contributed by atoms with E-state index in [1.807, 2.05) is 38.2 Å². The van der Waals surface area contributed by atoms with Gasteiger partial charge in [-0.25, -0.2) is 9.19 Å². The van der Waals surface area contributed by atoms with Gasteiger partial charge in [0.2, 0.25) is 0 Å². The number of aromatic nitrogens is 1. The number of thiazole rings is 1. The average Bonchev–Trinajstić information content (AvgIpc) is 3.44. The second kappa shape index (κ2) is 10.6. The Balaban J connectivity index is 1.54. The SMILES string of the molecule is CC(C)Oc1ccc(-c2ncc(-c3cccc4c3CC[C@@H]4NCCCS(=O)O)s2)cc1C#N. The van der Waals surface area contributed by atoms with E-state index in [1.165, 1.54) is 16.7 Å². The Bertz CT molecular complexity index is 1200. The summed E-state index contributed by atoms with van der Waals surface area (Å²) in [6, 6.07) is 14.5. The maximum absolute atomic E-state index is 10.9. The largest absolute Gasteiger partial charge is 0.490 e.